The van der Waals surface area contributed by atoms with Crippen LogP contribution in [0.4, 0.5) is 6.01 Å². The van der Waals surface area contributed by atoms with Crippen LogP contribution in [0.1, 0.15) is 23.7 Å². The molecule has 2 fully saturated rings. The standard InChI is InChI=1S/C15H21N5O2S/c1-12-17-18-14(22-12)20-5-2-3-15(11-20)10-19(6-7-21-15)9-13-16-4-8-23-13/h4,8H,2-3,5-7,9-11H2,1H3. The Morgan fingerprint density at radius 3 is 3.04 bits per heavy atom. The average Bonchev–Trinajstić information content (AvgIpc) is 3.19. The lowest BCUT2D eigenvalue weighted by molar-refractivity contribution is -0.116. The zero-order valence-corrected chi connectivity index (χ0v) is 14.1. The number of nitrogens with zero attached hydrogens (tertiary/aromatic N) is 5. The zero-order chi connectivity index (χ0) is 15.7. The number of aromatic nitrogens is 3. The Bertz CT molecular complexity index is 642. The molecule has 1 spiro atoms. The molecule has 0 aromatic carbocycles. The van der Waals surface area contributed by atoms with E-state index in [1.807, 2.05) is 18.5 Å². The van der Waals surface area contributed by atoms with Gasteiger partial charge in [0.25, 0.3) is 0 Å². The molecule has 1 atom stereocenters. The second-order valence-electron chi connectivity index (χ2n) is 6.30. The summed E-state index contributed by atoms with van der Waals surface area (Å²) in [4.78, 5) is 9.01. The van der Waals surface area contributed by atoms with Crippen LogP contribution in [-0.4, -0.2) is 58.5 Å². The maximum absolute atomic E-state index is 6.22. The van der Waals surface area contributed by atoms with Crippen molar-refractivity contribution in [2.45, 2.75) is 31.9 Å². The van der Waals surface area contributed by atoms with Crippen molar-refractivity contribution in [3.05, 3.63) is 22.5 Å². The Labute approximate surface area is 139 Å². The van der Waals surface area contributed by atoms with Crippen LogP contribution in [0, 0.1) is 6.92 Å². The molecule has 8 heteroatoms. The highest BCUT2D eigenvalue weighted by molar-refractivity contribution is 7.09. The van der Waals surface area contributed by atoms with Gasteiger partial charge >= 0.3 is 6.01 Å². The molecule has 0 N–H and O–H groups in total. The van der Waals surface area contributed by atoms with Crippen molar-refractivity contribution >= 4 is 17.4 Å². The maximum atomic E-state index is 6.22. The van der Waals surface area contributed by atoms with Crippen LogP contribution in [0.2, 0.25) is 0 Å². The molecule has 124 valence electrons. The Morgan fingerprint density at radius 1 is 1.30 bits per heavy atom. The number of morpholine rings is 1. The van der Waals surface area contributed by atoms with E-state index in [1.165, 1.54) is 5.01 Å². The van der Waals surface area contributed by atoms with Crippen LogP contribution in [0.15, 0.2) is 16.0 Å². The highest BCUT2D eigenvalue weighted by Crippen LogP contribution is 2.31. The largest absolute Gasteiger partial charge is 0.408 e. The van der Waals surface area contributed by atoms with E-state index < -0.39 is 0 Å². The lowest BCUT2D eigenvalue weighted by Crippen LogP contribution is -2.59. The van der Waals surface area contributed by atoms with Gasteiger partial charge in [-0.25, -0.2) is 4.98 Å². The van der Waals surface area contributed by atoms with E-state index in [0.29, 0.717) is 11.9 Å². The number of hydrogen-bond acceptors (Lipinski definition) is 8. The first-order valence-electron chi connectivity index (χ1n) is 8.02. The third-order valence-electron chi connectivity index (χ3n) is 4.50. The molecule has 0 aliphatic carbocycles. The summed E-state index contributed by atoms with van der Waals surface area (Å²) in [6, 6.07) is 0.613. The smallest absolute Gasteiger partial charge is 0.318 e. The summed E-state index contributed by atoms with van der Waals surface area (Å²) in [5.74, 6) is 0.606. The Balaban J connectivity index is 1.46. The van der Waals surface area contributed by atoms with Gasteiger partial charge in [-0.2, -0.15) is 0 Å². The zero-order valence-electron chi connectivity index (χ0n) is 13.3. The molecular formula is C15H21N5O2S. The van der Waals surface area contributed by atoms with Gasteiger partial charge in [0, 0.05) is 38.1 Å². The van der Waals surface area contributed by atoms with Gasteiger partial charge in [-0.05, 0) is 12.8 Å². The van der Waals surface area contributed by atoms with Crippen molar-refractivity contribution in [3.63, 3.8) is 0 Å². The van der Waals surface area contributed by atoms with E-state index in [2.05, 4.69) is 25.0 Å². The van der Waals surface area contributed by atoms with Crippen molar-refractivity contribution in [2.75, 3.05) is 37.7 Å². The Hall–Kier alpha value is -1.51. The molecule has 2 aliphatic heterocycles. The SMILES string of the molecule is Cc1nnc(N2CCCC3(CN(Cc4nccs4)CCO3)C2)o1. The molecule has 7 nitrogen and oxygen atoms in total. The summed E-state index contributed by atoms with van der Waals surface area (Å²) in [5.41, 5.74) is -0.143. The Morgan fingerprint density at radius 2 is 2.26 bits per heavy atom. The minimum atomic E-state index is -0.143. The number of rotatable bonds is 3. The molecule has 2 saturated heterocycles. The van der Waals surface area contributed by atoms with E-state index in [0.717, 1.165) is 52.2 Å². The first-order chi connectivity index (χ1) is 11.2. The van der Waals surface area contributed by atoms with Gasteiger partial charge in [0.1, 0.15) is 5.01 Å². The molecule has 23 heavy (non-hydrogen) atoms. The lowest BCUT2D eigenvalue weighted by Gasteiger charge is -2.47. The normalized spacial score (nSPS) is 26.0. The highest BCUT2D eigenvalue weighted by atomic mass is 32.1. The van der Waals surface area contributed by atoms with E-state index in [-0.39, 0.29) is 5.60 Å². The molecule has 0 amide bonds. The molecule has 2 aromatic rings. The summed E-state index contributed by atoms with van der Waals surface area (Å²) in [6.45, 7) is 7.13. The summed E-state index contributed by atoms with van der Waals surface area (Å²) in [7, 11) is 0. The summed E-state index contributed by atoms with van der Waals surface area (Å²) >= 11 is 1.71. The van der Waals surface area contributed by atoms with Gasteiger partial charge in [-0.15, -0.1) is 16.4 Å². The Kier molecular flexibility index (Phi) is 4.04. The number of anilines is 1. The molecular weight excluding hydrogens is 314 g/mol. The molecule has 0 radical (unpaired) electrons. The summed E-state index contributed by atoms with van der Waals surface area (Å²) in [5, 5.41) is 11.3. The third kappa shape index (κ3) is 3.24. The van der Waals surface area contributed by atoms with Crippen molar-refractivity contribution in [1.29, 1.82) is 0 Å². The first-order valence-corrected chi connectivity index (χ1v) is 8.90. The van der Waals surface area contributed by atoms with Crippen LogP contribution in [0.5, 0.6) is 0 Å². The number of piperidine rings is 1. The summed E-state index contributed by atoms with van der Waals surface area (Å²) < 4.78 is 11.8. The molecule has 2 aliphatic rings. The topological polar surface area (TPSA) is 67.5 Å². The molecule has 4 rings (SSSR count). The van der Waals surface area contributed by atoms with Gasteiger partial charge in [0.05, 0.1) is 25.3 Å². The van der Waals surface area contributed by atoms with Gasteiger partial charge in [-0.1, -0.05) is 5.10 Å². The first kappa shape index (κ1) is 15.0. The van der Waals surface area contributed by atoms with Gasteiger partial charge < -0.3 is 14.1 Å². The fraction of sp³-hybridized carbons (Fsp3) is 0.667. The monoisotopic (exact) mass is 335 g/mol. The van der Waals surface area contributed by atoms with E-state index in [1.54, 1.807) is 11.3 Å². The van der Waals surface area contributed by atoms with E-state index >= 15 is 0 Å². The van der Waals surface area contributed by atoms with Gasteiger partial charge in [0.15, 0.2) is 0 Å². The van der Waals surface area contributed by atoms with Crippen LogP contribution in [-0.2, 0) is 11.3 Å². The van der Waals surface area contributed by atoms with Crippen molar-refractivity contribution < 1.29 is 9.15 Å². The fourth-order valence-corrected chi connectivity index (χ4v) is 4.16. The van der Waals surface area contributed by atoms with E-state index in [9.17, 15) is 0 Å². The van der Waals surface area contributed by atoms with Crippen LogP contribution >= 0.6 is 11.3 Å². The van der Waals surface area contributed by atoms with Gasteiger partial charge in [0.2, 0.25) is 5.89 Å². The minimum absolute atomic E-state index is 0.143. The number of hydrogen-bond donors (Lipinski definition) is 0. The predicted octanol–water partition coefficient (Wildman–Crippen LogP) is 1.71. The highest BCUT2D eigenvalue weighted by Gasteiger charge is 2.41. The molecule has 4 heterocycles. The van der Waals surface area contributed by atoms with Crippen molar-refractivity contribution in [1.82, 2.24) is 20.1 Å². The van der Waals surface area contributed by atoms with Crippen molar-refractivity contribution in [2.24, 2.45) is 0 Å². The number of thiazole rings is 1. The second kappa shape index (κ2) is 6.18. The second-order valence-corrected chi connectivity index (χ2v) is 7.28. The predicted molar refractivity (Wildman–Crippen MR) is 86.6 cm³/mol. The van der Waals surface area contributed by atoms with Crippen molar-refractivity contribution in [3.8, 4) is 0 Å². The third-order valence-corrected chi connectivity index (χ3v) is 5.26. The molecule has 1 unspecified atom stereocenters. The van der Waals surface area contributed by atoms with Gasteiger partial charge in [-0.3, -0.25) is 4.90 Å². The number of ether oxygens (including phenoxy) is 1. The minimum Gasteiger partial charge on any atom is -0.408 e. The lowest BCUT2D eigenvalue weighted by atomic mass is 9.91. The maximum Gasteiger partial charge on any atom is 0.318 e. The van der Waals surface area contributed by atoms with Crippen LogP contribution in [0.25, 0.3) is 0 Å². The average molecular weight is 335 g/mol. The fourth-order valence-electron chi connectivity index (χ4n) is 3.50. The molecule has 0 bridgehead atoms. The van der Waals surface area contributed by atoms with E-state index in [4.69, 9.17) is 9.15 Å². The van der Waals surface area contributed by atoms with Crippen LogP contribution in [0.3, 0.4) is 0 Å². The summed E-state index contributed by atoms with van der Waals surface area (Å²) in [6.07, 6.45) is 4.02. The van der Waals surface area contributed by atoms with Crippen LogP contribution < -0.4 is 4.90 Å². The quantitative estimate of drug-likeness (QED) is 0.846. The number of aryl methyl sites for hydroxylation is 1. The molecule has 0 saturated carbocycles. The molecule has 2 aromatic heterocycles.